The Morgan fingerprint density at radius 3 is 2.66 bits per heavy atom. The lowest BCUT2D eigenvalue weighted by atomic mass is 10.0. The molecule has 2 aromatic carbocycles. The number of benzene rings is 2. The lowest BCUT2D eigenvalue weighted by Gasteiger charge is -2.47. The van der Waals surface area contributed by atoms with Crippen molar-refractivity contribution in [3.8, 4) is 5.75 Å². The van der Waals surface area contributed by atoms with Crippen LogP contribution in [0.3, 0.4) is 0 Å². The van der Waals surface area contributed by atoms with Gasteiger partial charge in [0.2, 0.25) is 0 Å². The van der Waals surface area contributed by atoms with Gasteiger partial charge in [0.05, 0.1) is 17.6 Å². The predicted octanol–water partition coefficient (Wildman–Crippen LogP) is 4.36. The number of thioether (sulfide) groups is 1. The molecule has 3 heterocycles. The summed E-state index contributed by atoms with van der Waals surface area (Å²) >= 11 is 1.44. The Labute approximate surface area is 222 Å². The van der Waals surface area contributed by atoms with E-state index < -0.39 is 28.2 Å². The number of para-hydroxylation sites is 1. The molecule has 0 N–H and O–H groups in total. The van der Waals surface area contributed by atoms with Crippen molar-refractivity contribution in [1.29, 1.82) is 0 Å². The van der Waals surface area contributed by atoms with E-state index in [4.69, 9.17) is 13.9 Å². The summed E-state index contributed by atoms with van der Waals surface area (Å²) in [5.41, 5.74) is 1.64. The first-order valence-corrected chi connectivity index (χ1v) is 12.7. The van der Waals surface area contributed by atoms with E-state index in [9.17, 15) is 19.7 Å². The maximum Gasteiger partial charge on any atom is 0.355 e. The molecule has 1 fully saturated rings. The van der Waals surface area contributed by atoms with Gasteiger partial charge >= 0.3 is 5.97 Å². The topological polar surface area (TPSA) is 124 Å². The van der Waals surface area contributed by atoms with Crippen molar-refractivity contribution >= 4 is 41.1 Å². The van der Waals surface area contributed by atoms with Crippen molar-refractivity contribution in [2.75, 3.05) is 12.9 Å². The Morgan fingerprint density at radius 1 is 1.21 bits per heavy atom. The zero-order chi connectivity index (χ0) is 26.8. The van der Waals surface area contributed by atoms with E-state index >= 15 is 0 Å². The SMILES string of the molecule is COc1ccc(COC(=O)C2=C(c3ccc(C)o3)CS[C@@H]3[C@H](N=Cc4ccccc4[N+](=O)[O-])C(=O)N23)cc1. The number of fused-ring (bicyclic) bond motifs is 1. The zero-order valence-electron chi connectivity index (χ0n) is 20.5. The molecule has 5 rings (SSSR count). The summed E-state index contributed by atoms with van der Waals surface area (Å²) in [4.78, 5) is 43.2. The van der Waals surface area contributed by atoms with E-state index in [2.05, 4.69) is 4.99 Å². The first-order valence-electron chi connectivity index (χ1n) is 11.7. The molecule has 0 radical (unpaired) electrons. The summed E-state index contributed by atoms with van der Waals surface area (Å²) < 4.78 is 16.5. The van der Waals surface area contributed by atoms with Gasteiger partial charge in [-0.05, 0) is 42.8 Å². The van der Waals surface area contributed by atoms with Crippen molar-refractivity contribution < 1.29 is 28.4 Å². The van der Waals surface area contributed by atoms with Crippen molar-refractivity contribution in [1.82, 2.24) is 4.90 Å². The largest absolute Gasteiger partial charge is 0.497 e. The summed E-state index contributed by atoms with van der Waals surface area (Å²) in [6.07, 6.45) is 1.34. The van der Waals surface area contributed by atoms with E-state index in [1.807, 2.05) is 0 Å². The van der Waals surface area contributed by atoms with Gasteiger partial charge < -0.3 is 13.9 Å². The summed E-state index contributed by atoms with van der Waals surface area (Å²) in [5.74, 6) is 1.20. The number of hydrogen-bond acceptors (Lipinski definition) is 9. The fourth-order valence-corrected chi connectivity index (χ4v) is 5.58. The molecule has 194 valence electrons. The summed E-state index contributed by atoms with van der Waals surface area (Å²) in [7, 11) is 1.57. The lowest BCUT2D eigenvalue weighted by molar-refractivity contribution is -0.385. The third-order valence-electron chi connectivity index (χ3n) is 6.21. The van der Waals surface area contributed by atoms with Crippen LogP contribution >= 0.6 is 11.8 Å². The van der Waals surface area contributed by atoms with Crippen molar-refractivity contribution in [2.24, 2.45) is 4.99 Å². The molecule has 3 aromatic rings. The molecule has 0 saturated carbocycles. The Morgan fingerprint density at radius 2 is 1.97 bits per heavy atom. The molecule has 10 nitrogen and oxygen atoms in total. The highest BCUT2D eigenvalue weighted by atomic mass is 32.2. The number of esters is 1. The lowest BCUT2D eigenvalue weighted by Crippen LogP contribution is -2.64. The monoisotopic (exact) mass is 533 g/mol. The highest BCUT2D eigenvalue weighted by Gasteiger charge is 2.54. The molecule has 0 aliphatic carbocycles. The summed E-state index contributed by atoms with van der Waals surface area (Å²) in [5, 5.41) is 10.9. The van der Waals surface area contributed by atoms with Crippen LogP contribution < -0.4 is 4.74 Å². The average molecular weight is 534 g/mol. The second-order valence-corrected chi connectivity index (χ2v) is 9.72. The van der Waals surface area contributed by atoms with Crippen LogP contribution in [0.2, 0.25) is 0 Å². The number of amides is 1. The third kappa shape index (κ3) is 4.80. The van der Waals surface area contributed by atoms with Crippen molar-refractivity contribution in [3.63, 3.8) is 0 Å². The maximum atomic E-state index is 13.4. The standard InChI is InChI=1S/C27H23N3O7S/c1-16-7-12-22(37-16)20-15-38-26-23(28-13-18-5-3-4-6-21(18)30(33)34)25(31)29(26)24(20)27(32)36-14-17-8-10-19(35-2)11-9-17/h3-13,23,26H,14-15H2,1-2H3/t23-,26-/m1/s1. The van der Waals surface area contributed by atoms with Crippen LogP contribution in [0.5, 0.6) is 5.75 Å². The molecule has 1 amide bonds. The normalized spacial score (nSPS) is 18.8. The molecule has 2 aliphatic heterocycles. The minimum absolute atomic E-state index is 0.00981. The van der Waals surface area contributed by atoms with Gasteiger partial charge in [-0.3, -0.25) is 24.8 Å². The van der Waals surface area contributed by atoms with Gasteiger partial charge in [0, 0.05) is 23.6 Å². The van der Waals surface area contributed by atoms with Crippen molar-refractivity contribution in [3.05, 3.63) is 99.1 Å². The number of nitrogens with zero attached hydrogens (tertiary/aromatic N) is 3. The van der Waals surface area contributed by atoms with E-state index in [0.29, 0.717) is 34.2 Å². The number of nitro groups is 1. The minimum atomic E-state index is -0.788. The molecular formula is C27H23N3O7S. The minimum Gasteiger partial charge on any atom is -0.497 e. The fourth-order valence-electron chi connectivity index (χ4n) is 4.24. The number of nitro benzene ring substituents is 1. The Kier molecular flexibility index (Phi) is 7.01. The Hall–Kier alpha value is -4.38. The average Bonchev–Trinajstić information content (AvgIpc) is 3.37. The van der Waals surface area contributed by atoms with E-state index in [0.717, 1.165) is 5.56 Å². The number of aryl methyl sites for hydroxylation is 1. The van der Waals surface area contributed by atoms with E-state index in [1.165, 1.54) is 28.9 Å². The van der Waals surface area contributed by atoms with Gasteiger partial charge in [-0.15, -0.1) is 11.8 Å². The Bertz CT molecular complexity index is 1460. The molecule has 0 bridgehead atoms. The van der Waals surface area contributed by atoms with Crippen LogP contribution in [-0.4, -0.2) is 52.2 Å². The first kappa shape index (κ1) is 25.3. The molecule has 11 heteroatoms. The number of ether oxygens (including phenoxy) is 2. The second kappa shape index (κ2) is 10.5. The first-order chi connectivity index (χ1) is 18.4. The number of methoxy groups -OCH3 is 1. The number of carbonyl (C=O) groups excluding carboxylic acids is 2. The second-order valence-electron chi connectivity index (χ2n) is 8.61. The van der Waals surface area contributed by atoms with Gasteiger partial charge in [-0.1, -0.05) is 24.3 Å². The number of aliphatic imine (C=N–C) groups is 1. The van der Waals surface area contributed by atoms with Gasteiger partial charge in [0.1, 0.15) is 34.9 Å². The highest BCUT2D eigenvalue weighted by Crippen LogP contribution is 2.45. The number of rotatable bonds is 8. The number of β-lactam (4-membered cyclic amide) rings is 1. The van der Waals surface area contributed by atoms with Crippen LogP contribution in [0.15, 0.2) is 75.8 Å². The van der Waals surface area contributed by atoms with Crippen LogP contribution in [-0.2, 0) is 20.9 Å². The molecule has 2 atom stereocenters. The molecule has 38 heavy (non-hydrogen) atoms. The Balaban J connectivity index is 1.40. The maximum absolute atomic E-state index is 13.4. The summed E-state index contributed by atoms with van der Waals surface area (Å²) in [6, 6.07) is 16.1. The van der Waals surface area contributed by atoms with Crippen LogP contribution in [0, 0.1) is 17.0 Å². The van der Waals surface area contributed by atoms with E-state index in [1.54, 1.807) is 68.6 Å². The molecule has 2 aliphatic rings. The van der Waals surface area contributed by atoms with Crippen LogP contribution in [0.25, 0.3) is 5.57 Å². The number of carbonyl (C=O) groups is 2. The molecular weight excluding hydrogens is 510 g/mol. The number of furan rings is 1. The zero-order valence-corrected chi connectivity index (χ0v) is 21.3. The van der Waals surface area contributed by atoms with Crippen LogP contribution in [0.1, 0.15) is 22.6 Å². The summed E-state index contributed by atoms with van der Waals surface area (Å²) in [6.45, 7) is 1.81. The third-order valence-corrected chi connectivity index (χ3v) is 7.47. The molecule has 0 spiro atoms. The quantitative estimate of drug-likeness (QED) is 0.138. The molecule has 1 aromatic heterocycles. The fraction of sp³-hybridized carbons (Fsp3) is 0.222. The van der Waals surface area contributed by atoms with Gasteiger partial charge in [-0.25, -0.2) is 4.79 Å². The van der Waals surface area contributed by atoms with Gasteiger partial charge in [0.25, 0.3) is 11.6 Å². The van der Waals surface area contributed by atoms with Crippen molar-refractivity contribution in [2.45, 2.75) is 24.9 Å². The van der Waals surface area contributed by atoms with Gasteiger partial charge in [-0.2, -0.15) is 0 Å². The number of hydrogen-bond donors (Lipinski definition) is 0. The van der Waals surface area contributed by atoms with Gasteiger partial charge in [0.15, 0.2) is 6.04 Å². The van der Waals surface area contributed by atoms with E-state index in [-0.39, 0.29) is 18.0 Å². The highest BCUT2D eigenvalue weighted by molar-refractivity contribution is 8.00. The van der Waals surface area contributed by atoms with Crippen LogP contribution in [0.4, 0.5) is 5.69 Å². The molecule has 1 saturated heterocycles. The molecule has 0 unspecified atom stereocenters. The smallest absolute Gasteiger partial charge is 0.355 e. The predicted molar refractivity (Wildman–Crippen MR) is 141 cm³/mol.